The monoisotopic (exact) mass is 574 g/mol. The molecule has 4 rings (SSSR count). The molecule has 1 aliphatic heterocycles. The maximum atomic E-state index is 13.1. The van der Waals surface area contributed by atoms with Gasteiger partial charge < -0.3 is 14.8 Å². The van der Waals surface area contributed by atoms with Crippen LogP contribution in [0.4, 0.5) is 14.9 Å². The standard InChI is InChI=1S/C27H21Cl2FN2O5S/c1-2-36-22-12-17(11-21(29)25(22)37-15-24(33)31-20-9-7-19(30)8-10-20)13-23-26(34)32(27(35)38-23)14-16-3-5-18(28)6-4-16/h3-13H,2,14-15H2,1H3,(H,31,33)/b23-13+. The predicted molar refractivity (Wildman–Crippen MR) is 146 cm³/mol. The molecule has 0 bridgehead atoms. The first-order valence-electron chi connectivity index (χ1n) is 11.4. The van der Waals surface area contributed by atoms with Crippen molar-refractivity contribution < 1.29 is 28.2 Å². The number of carbonyl (C=O) groups is 3. The van der Waals surface area contributed by atoms with Gasteiger partial charge in [0.1, 0.15) is 5.82 Å². The zero-order valence-corrected chi connectivity index (χ0v) is 22.3. The van der Waals surface area contributed by atoms with E-state index in [0.717, 1.165) is 22.2 Å². The third-order valence-electron chi connectivity index (χ3n) is 5.23. The molecule has 0 unspecified atom stereocenters. The van der Waals surface area contributed by atoms with E-state index in [1.165, 1.54) is 24.3 Å². The van der Waals surface area contributed by atoms with E-state index in [2.05, 4.69) is 5.32 Å². The Labute approximate surface area is 232 Å². The van der Waals surface area contributed by atoms with E-state index in [1.807, 2.05) is 0 Å². The van der Waals surface area contributed by atoms with Gasteiger partial charge in [-0.1, -0.05) is 35.3 Å². The average Bonchev–Trinajstić information content (AvgIpc) is 3.13. The molecule has 1 saturated heterocycles. The highest BCUT2D eigenvalue weighted by atomic mass is 35.5. The number of anilines is 1. The van der Waals surface area contributed by atoms with Crippen LogP contribution in [0, 0.1) is 5.82 Å². The van der Waals surface area contributed by atoms with E-state index in [0.29, 0.717) is 16.3 Å². The Morgan fingerprint density at radius 1 is 1.05 bits per heavy atom. The molecule has 196 valence electrons. The Hall–Kier alpha value is -3.53. The summed E-state index contributed by atoms with van der Waals surface area (Å²) in [6.45, 7) is 1.81. The Balaban J connectivity index is 1.48. The molecule has 11 heteroatoms. The molecule has 0 aromatic heterocycles. The van der Waals surface area contributed by atoms with Gasteiger partial charge >= 0.3 is 0 Å². The van der Waals surface area contributed by atoms with Gasteiger partial charge in [0.05, 0.1) is 23.1 Å². The molecule has 0 saturated carbocycles. The summed E-state index contributed by atoms with van der Waals surface area (Å²) >= 11 is 13.2. The number of nitrogens with zero attached hydrogens (tertiary/aromatic N) is 1. The van der Waals surface area contributed by atoms with Gasteiger partial charge in [-0.05, 0) is 84.4 Å². The maximum absolute atomic E-state index is 13.1. The van der Waals surface area contributed by atoms with E-state index in [1.54, 1.807) is 49.4 Å². The molecule has 1 aliphatic rings. The molecule has 1 N–H and O–H groups in total. The third kappa shape index (κ3) is 6.86. The van der Waals surface area contributed by atoms with Crippen LogP contribution in [-0.4, -0.2) is 35.2 Å². The first kappa shape index (κ1) is 27.5. The summed E-state index contributed by atoms with van der Waals surface area (Å²) in [5, 5.41) is 2.92. The number of benzene rings is 3. The van der Waals surface area contributed by atoms with Gasteiger partial charge in [0.25, 0.3) is 17.1 Å². The molecule has 3 amide bonds. The fourth-order valence-electron chi connectivity index (χ4n) is 3.50. The van der Waals surface area contributed by atoms with Crippen LogP contribution < -0.4 is 14.8 Å². The first-order valence-corrected chi connectivity index (χ1v) is 12.9. The minimum atomic E-state index is -0.478. The van der Waals surface area contributed by atoms with Crippen LogP contribution >= 0.6 is 35.0 Å². The lowest BCUT2D eigenvalue weighted by molar-refractivity contribution is -0.123. The molecule has 1 heterocycles. The van der Waals surface area contributed by atoms with Gasteiger partial charge in [-0.25, -0.2) is 4.39 Å². The number of nitrogens with one attached hydrogen (secondary N) is 1. The summed E-state index contributed by atoms with van der Waals surface area (Å²) in [4.78, 5) is 39.1. The van der Waals surface area contributed by atoms with Crippen molar-refractivity contribution in [1.82, 2.24) is 4.90 Å². The summed E-state index contributed by atoms with van der Waals surface area (Å²) in [6.07, 6.45) is 1.55. The Kier molecular flexibility index (Phi) is 8.93. The predicted octanol–water partition coefficient (Wildman–Crippen LogP) is 6.79. The quantitative estimate of drug-likeness (QED) is 0.283. The number of imide groups is 1. The van der Waals surface area contributed by atoms with Gasteiger partial charge in [-0.2, -0.15) is 0 Å². The van der Waals surface area contributed by atoms with Crippen molar-refractivity contribution in [2.75, 3.05) is 18.5 Å². The van der Waals surface area contributed by atoms with Crippen LogP contribution in [0.25, 0.3) is 6.08 Å². The molecular formula is C27H21Cl2FN2O5S. The molecule has 7 nitrogen and oxygen atoms in total. The second-order valence-electron chi connectivity index (χ2n) is 8.00. The van der Waals surface area contributed by atoms with Crippen LogP contribution in [0.5, 0.6) is 11.5 Å². The number of amides is 3. The molecule has 0 atom stereocenters. The summed E-state index contributed by atoms with van der Waals surface area (Å²) < 4.78 is 24.3. The second kappa shape index (κ2) is 12.3. The summed E-state index contributed by atoms with van der Waals surface area (Å²) in [5.41, 5.74) is 1.69. The van der Waals surface area contributed by atoms with Crippen molar-refractivity contribution in [3.05, 3.63) is 92.6 Å². The lowest BCUT2D eigenvalue weighted by Gasteiger charge is -2.15. The zero-order chi connectivity index (χ0) is 27.2. The molecule has 0 spiro atoms. The van der Waals surface area contributed by atoms with Crippen LogP contribution in [0.3, 0.4) is 0 Å². The highest BCUT2D eigenvalue weighted by molar-refractivity contribution is 8.18. The Morgan fingerprint density at radius 3 is 2.45 bits per heavy atom. The molecule has 1 fully saturated rings. The van der Waals surface area contributed by atoms with Crippen molar-refractivity contribution in [2.24, 2.45) is 0 Å². The SMILES string of the molecule is CCOc1cc(/C=C2/SC(=O)N(Cc3ccc(Cl)cc3)C2=O)cc(Cl)c1OCC(=O)Nc1ccc(F)cc1. The fraction of sp³-hybridized carbons (Fsp3) is 0.148. The zero-order valence-electron chi connectivity index (χ0n) is 20.0. The number of ether oxygens (including phenoxy) is 2. The molecular weight excluding hydrogens is 554 g/mol. The third-order valence-corrected chi connectivity index (χ3v) is 6.67. The second-order valence-corrected chi connectivity index (χ2v) is 9.84. The van der Waals surface area contributed by atoms with E-state index < -0.39 is 17.6 Å². The smallest absolute Gasteiger partial charge is 0.293 e. The first-order chi connectivity index (χ1) is 18.2. The number of rotatable bonds is 9. The number of carbonyl (C=O) groups excluding carboxylic acids is 3. The normalized spacial score (nSPS) is 14.2. The molecule has 0 aliphatic carbocycles. The lowest BCUT2D eigenvalue weighted by atomic mass is 10.1. The number of halogens is 3. The van der Waals surface area contributed by atoms with Crippen molar-refractivity contribution in [3.63, 3.8) is 0 Å². The maximum Gasteiger partial charge on any atom is 0.293 e. The summed E-state index contributed by atoms with van der Waals surface area (Å²) in [6, 6.07) is 15.4. The number of thioether (sulfide) groups is 1. The van der Waals surface area contributed by atoms with E-state index in [-0.39, 0.29) is 46.4 Å². The average molecular weight is 575 g/mol. The number of hydrogen-bond acceptors (Lipinski definition) is 6. The number of hydrogen-bond donors (Lipinski definition) is 1. The Bertz CT molecular complexity index is 1400. The van der Waals surface area contributed by atoms with Gasteiger partial charge in [-0.15, -0.1) is 0 Å². The van der Waals surface area contributed by atoms with Crippen LogP contribution in [0.15, 0.2) is 65.6 Å². The van der Waals surface area contributed by atoms with E-state index in [9.17, 15) is 18.8 Å². The van der Waals surface area contributed by atoms with Gasteiger partial charge in [0.2, 0.25) is 0 Å². The molecule has 3 aromatic rings. The van der Waals surface area contributed by atoms with Crippen molar-refractivity contribution in [2.45, 2.75) is 13.5 Å². The van der Waals surface area contributed by atoms with E-state index in [4.69, 9.17) is 32.7 Å². The van der Waals surface area contributed by atoms with Gasteiger partial charge in [-0.3, -0.25) is 19.3 Å². The van der Waals surface area contributed by atoms with Gasteiger partial charge in [0, 0.05) is 10.7 Å². The molecule has 3 aromatic carbocycles. The fourth-order valence-corrected chi connectivity index (χ4v) is 4.74. The van der Waals surface area contributed by atoms with Gasteiger partial charge in [0.15, 0.2) is 18.1 Å². The van der Waals surface area contributed by atoms with Crippen LogP contribution in [0.1, 0.15) is 18.1 Å². The highest BCUT2D eigenvalue weighted by Gasteiger charge is 2.35. The largest absolute Gasteiger partial charge is 0.490 e. The van der Waals surface area contributed by atoms with E-state index >= 15 is 0 Å². The van der Waals surface area contributed by atoms with Crippen molar-refractivity contribution in [3.8, 4) is 11.5 Å². The van der Waals surface area contributed by atoms with Crippen LogP contribution in [-0.2, 0) is 16.1 Å². The molecule has 38 heavy (non-hydrogen) atoms. The minimum absolute atomic E-state index is 0.122. The lowest BCUT2D eigenvalue weighted by Crippen LogP contribution is -2.27. The minimum Gasteiger partial charge on any atom is -0.490 e. The van der Waals surface area contributed by atoms with Crippen LogP contribution in [0.2, 0.25) is 10.0 Å². The topological polar surface area (TPSA) is 84.9 Å². The van der Waals surface area contributed by atoms with Crippen molar-refractivity contribution >= 4 is 63.8 Å². The summed E-state index contributed by atoms with van der Waals surface area (Å²) in [7, 11) is 0. The summed E-state index contributed by atoms with van der Waals surface area (Å²) in [5.74, 6) is -0.911. The Morgan fingerprint density at radius 2 is 1.76 bits per heavy atom. The van der Waals surface area contributed by atoms with Crippen molar-refractivity contribution in [1.29, 1.82) is 0 Å². The highest BCUT2D eigenvalue weighted by Crippen LogP contribution is 2.39. The molecule has 0 radical (unpaired) electrons.